The van der Waals surface area contributed by atoms with E-state index < -0.39 is 5.97 Å². The van der Waals surface area contributed by atoms with Gasteiger partial charge in [0.15, 0.2) is 5.82 Å². The molecule has 1 unspecified atom stereocenters. The van der Waals surface area contributed by atoms with Gasteiger partial charge in [-0.3, -0.25) is 4.79 Å². The Balaban J connectivity index is 2.32. The van der Waals surface area contributed by atoms with Gasteiger partial charge >= 0.3 is 5.97 Å². The smallest absolute Gasteiger partial charge is 0.305 e. The molecule has 1 N–H and O–H groups in total. The van der Waals surface area contributed by atoms with Gasteiger partial charge in [-0.25, -0.2) is 4.68 Å². The Morgan fingerprint density at radius 1 is 1.65 bits per heavy atom. The summed E-state index contributed by atoms with van der Waals surface area (Å²) in [6.07, 6.45) is 0.704. The third-order valence-corrected chi connectivity index (χ3v) is 3.33. The third kappa shape index (κ3) is 2.50. The molecule has 0 aliphatic rings. The first kappa shape index (κ1) is 11.7. The molecule has 0 amide bonds. The monoisotopic (exact) mass is 252 g/mol. The summed E-state index contributed by atoms with van der Waals surface area (Å²) >= 11 is 1.53. The average Bonchev–Trinajstić information content (AvgIpc) is 2.94. The van der Waals surface area contributed by atoms with Gasteiger partial charge in [0.1, 0.15) is 0 Å². The number of thiophene rings is 1. The molecular weight excluding hydrogens is 240 g/mol. The van der Waals surface area contributed by atoms with E-state index in [2.05, 4.69) is 15.5 Å². The fraction of sp³-hybridized carbons (Fsp3) is 0.400. The van der Waals surface area contributed by atoms with Crippen LogP contribution in [0.5, 0.6) is 0 Å². The molecule has 0 bridgehead atoms. The molecule has 2 rings (SSSR count). The van der Waals surface area contributed by atoms with Crippen molar-refractivity contribution in [2.45, 2.75) is 25.8 Å². The highest BCUT2D eigenvalue weighted by Crippen LogP contribution is 2.26. The van der Waals surface area contributed by atoms with Crippen LogP contribution in [0.15, 0.2) is 17.5 Å². The Morgan fingerprint density at radius 2 is 2.47 bits per heavy atom. The molecule has 0 aromatic carbocycles. The summed E-state index contributed by atoms with van der Waals surface area (Å²) in [4.78, 5) is 11.7. The van der Waals surface area contributed by atoms with Crippen LogP contribution in [0.1, 0.15) is 25.8 Å². The Morgan fingerprint density at radius 3 is 3.06 bits per heavy atom. The van der Waals surface area contributed by atoms with Crippen LogP contribution in [-0.2, 0) is 4.79 Å². The lowest BCUT2D eigenvalue weighted by Gasteiger charge is -2.13. The van der Waals surface area contributed by atoms with Crippen LogP contribution in [0, 0.1) is 0 Å². The van der Waals surface area contributed by atoms with Gasteiger partial charge in [-0.1, -0.05) is 13.0 Å². The van der Waals surface area contributed by atoms with Gasteiger partial charge in [0, 0.05) is 0 Å². The lowest BCUT2D eigenvalue weighted by atomic mass is 10.1. The summed E-state index contributed by atoms with van der Waals surface area (Å²) in [5.41, 5.74) is 0. The number of carbonyl (C=O) groups is 1. The highest BCUT2D eigenvalue weighted by Gasteiger charge is 2.19. The second-order valence-electron chi connectivity index (χ2n) is 3.58. The topological polar surface area (TPSA) is 80.9 Å². The summed E-state index contributed by atoms with van der Waals surface area (Å²) in [5, 5.41) is 22.3. The molecule has 6 nitrogen and oxygen atoms in total. The minimum absolute atomic E-state index is 0.0277. The van der Waals surface area contributed by atoms with Crippen LogP contribution in [0.3, 0.4) is 0 Å². The number of carboxylic acids is 1. The largest absolute Gasteiger partial charge is 0.481 e. The van der Waals surface area contributed by atoms with Crippen molar-refractivity contribution in [3.05, 3.63) is 17.5 Å². The third-order valence-electron chi connectivity index (χ3n) is 2.46. The Kier molecular flexibility index (Phi) is 3.48. The van der Waals surface area contributed by atoms with Crippen LogP contribution < -0.4 is 0 Å². The van der Waals surface area contributed by atoms with E-state index in [1.54, 1.807) is 4.68 Å². The molecule has 17 heavy (non-hydrogen) atoms. The Bertz CT molecular complexity index is 494. The van der Waals surface area contributed by atoms with Crippen LogP contribution in [-0.4, -0.2) is 31.3 Å². The van der Waals surface area contributed by atoms with Crippen molar-refractivity contribution in [1.82, 2.24) is 20.2 Å². The molecule has 0 aliphatic heterocycles. The van der Waals surface area contributed by atoms with E-state index in [0.717, 1.165) is 4.88 Å². The predicted molar refractivity (Wildman–Crippen MR) is 62.7 cm³/mol. The second kappa shape index (κ2) is 5.05. The van der Waals surface area contributed by atoms with Gasteiger partial charge in [0.25, 0.3) is 0 Å². The number of nitrogens with zero attached hydrogens (tertiary/aromatic N) is 4. The van der Waals surface area contributed by atoms with Crippen molar-refractivity contribution >= 4 is 17.3 Å². The highest BCUT2D eigenvalue weighted by molar-refractivity contribution is 7.13. The predicted octanol–water partition coefficient (Wildman–Crippen LogP) is 1.83. The first-order valence-electron chi connectivity index (χ1n) is 5.26. The molecule has 0 aliphatic carbocycles. The van der Waals surface area contributed by atoms with Gasteiger partial charge in [-0.2, -0.15) is 0 Å². The van der Waals surface area contributed by atoms with Gasteiger partial charge in [-0.05, 0) is 28.3 Å². The van der Waals surface area contributed by atoms with E-state index in [0.29, 0.717) is 12.2 Å². The van der Waals surface area contributed by atoms with Crippen molar-refractivity contribution in [1.29, 1.82) is 0 Å². The van der Waals surface area contributed by atoms with E-state index in [1.165, 1.54) is 11.3 Å². The molecule has 2 aromatic heterocycles. The maximum atomic E-state index is 10.8. The molecular formula is C10H12N4O2S. The van der Waals surface area contributed by atoms with Crippen LogP contribution in [0.4, 0.5) is 0 Å². The van der Waals surface area contributed by atoms with Gasteiger partial charge in [0.2, 0.25) is 0 Å². The average molecular weight is 252 g/mol. The van der Waals surface area contributed by atoms with Gasteiger partial charge in [-0.15, -0.1) is 16.4 Å². The number of tetrazole rings is 1. The number of aliphatic carboxylic acids is 1. The lowest BCUT2D eigenvalue weighted by molar-refractivity contribution is -0.138. The number of hydrogen-bond acceptors (Lipinski definition) is 5. The summed E-state index contributed by atoms with van der Waals surface area (Å²) in [5.74, 6) is -0.211. The van der Waals surface area contributed by atoms with Crippen molar-refractivity contribution < 1.29 is 9.90 Å². The fourth-order valence-corrected chi connectivity index (χ4v) is 2.31. The van der Waals surface area contributed by atoms with Crippen molar-refractivity contribution in [2.24, 2.45) is 0 Å². The number of carboxylic acid groups (broad SMARTS) is 1. The fourth-order valence-electron chi connectivity index (χ4n) is 1.61. The maximum Gasteiger partial charge on any atom is 0.305 e. The summed E-state index contributed by atoms with van der Waals surface area (Å²) < 4.78 is 1.60. The second-order valence-corrected chi connectivity index (χ2v) is 4.53. The van der Waals surface area contributed by atoms with E-state index in [9.17, 15) is 4.79 Å². The normalized spacial score (nSPS) is 12.5. The standard InChI is InChI=1S/C10H12N4O2S/c1-2-7(6-9(15)16)14-10(11-12-13-14)8-4-3-5-17-8/h3-5,7H,2,6H2,1H3,(H,15,16). The van der Waals surface area contributed by atoms with Gasteiger partial charge < -0.3 is 5.11 Å². The summed E-state index contributed by atoms with van der Waals surface area (Å²) in [7, 11) is 0. The van der Waals surface area contributed by atoms with E-state index in [-0.39, 0.29) is 12.5 Å². The molecule has 1 atom stereocenters. The van der Waals surface area contributed by atoms with Crippen LogP contribution in [0.25, 0.3) is 10.7 Å². The highest BCUT2D eigenvalue weighted by atomic mass is 32.1. The van der Waals surface area contributed by atoms with Crippen LogP contribution in [0.2, 0.25) is 0 Å². The zero-order valence-corrected chi connectivity index (χ0v) is 10.1. The number of rotatable bonds is 5. The van der Waals surface area contributed by atoms with Crippen molar-refractivity contribution in [3.63, 3.8) is 0 Å². The molecule has 90 valence electrons. The summed E-state index contributed by atoms with van der Waals surface area (Å²) in [6.45, 7) is 1.92. The SMILES string of the molecule is CCC(CC(=O)O)n1nnnc1-c1cccs1. The quantitative estimate of drug-likeness (QED) is 0.878. The number of hydrogen-bond donors (Lipinski definition) is 1. The molecule has 2 aromatic rings. The maximum absolute atomic E-state index is 10.8. The van der Waals surface area contributed by atoms with Crippen molar-refractivity contribution in [2.75, 3.05) is 0 Å². The first-order valence-corrected chi connectivity index (χ1v) is 6.14. The first-order chi connectivity index (χ1) is 8.22. The zero-order valence-electron chi connectivity index (χ0n) is 9.28. The Hall–Kier alpha value is -1.76. The molecule has 2 heterocycles. The minimum atomic E-state index is -0.843. The Labute approximate surface area is 102 Å². The molecule has 0 saturated carbocycles. The van der Waals surface area contributed by atoms with E-state index in [4.69, 9.17) is 5.11 Å². The zero-order chi connectivity index (χ0) is 12.3. The van der Waals surface area contributed by atoms with Gasteiger partial charge in [0.05, 0.1) is 17.3 Å². The summed E-state index contributed by atoms with van der Waals surface area (Å²) in [6, 6.07) is 3.62. The minimum Gasteiger partial charge on any atom is -0.481 e. The lowest BCUT2D eigenvalue weighted by Crippen LogP contribution is -2.15. The molecule has 0 spiro atoms. The van der Waals surface area contributed by atoms with E-state index in [1.807, 2.05) is 24.4 Å². The molecule has 0 radical (unpaired) electrons. The number of aromatic nitrogens is 4. The molecule has 0 saturated heterocycles. The molecule has 0 fully saturated rings. The van der Waals surface area contributed by atoms with Crippen molar-refractivity contribution in [3.8, 4) is 10.7 Å². The van der Waals surface area contributed by atoms with E-state index >= 15 is 0 Å². The van der Waals surface area contributed by atoms with Crippen LogP contribution >= 0.6 is 11.3 Å². The molecule has 7 heteroatoms.